The standard InChI is InChI=1S/C27H29N3O5/c1-34-25-12-11-22(15-24(25)29-26(32)17-30-13-14-35-23(16-30)18-31)28-27(33)21-9-7-20(8-10-21)19-5-3-2-4-6-19/h2-12,15,23,31H,13-14,16-18H2,1H3,(H,28,33)(H,29,32). The fourth-order valence-electron chi connectivity index (χ4n) is 3.96. The van der Waals surface area contributed by atoms with Gasteiger partial charge in [-0.05, 0) is 41.5 Å². The van der Waals surface area contributed by atoms with E-state index >= 15 is 0 Å². The average molecular weight is 476 g/mol. The largest absolute Gasteiger partial charge is 0.495 e. The molecule has 1 aliphatic heterocycles. The number of aliphatic hydroxyl groups is 1. The fraction of sp³-hybridized carbons (Fsp3) is 0.259. The van der Waals surface area contributed by atoms with E-state index in [1.807, 2.05) is 47.4 Å². The molecule has 1 saturated heterocycles. The number of hydrogen-bond acceptors (Lipinski definition) is 6. The number of rotatable bonds is 8. The average Bonchev–Trinajstić information content (AvgIpc) is 2.89. The maximum absolute atomic E-state index is 12.8. The van der Waals surface area contributed by atoms with Crippen LogP contribution in [0.3, 0.4) is 0 Å². The summed E-state index contributed by atoms with van der Waals surface area (Å²) in [7, 11) is 1.52. The van der Waals surface area contributed by atoms with E-state index < -0.39 is 0 Å². The highest BCUT2D eigenvalue weighted by Crippen LogP contribution is 2.28. The summed E-state index contributed by atoms with van der Waals surface area (Å²) in [6.45, 7) is 1.64. The molecule has 1 atom stereocenters. The van der Waals surface area contributed by atoms with Crippen molar-refractivity contribution < 1.29 is 24.2 Å². The van der Waals surface area contributed by atoms with Gasteiger partial charge in [0, 0.05) is 24.3 Å². The van der Waals surface area contributed by atoms with Crippen LogP contribution in [0.15, 0.2) is 72.8 Å². The number of nitrogens with zero attached hydrogens (tertiary/aromatic N) is 1. The van der Waals surface area contributed by atoms with Crippen molar-refractivity contribution in [2.45, 2.75) is 6.10 Å². The summed E-state index contributed by atoms with van der Waals surface area (Å²) in [6.07, 6.45) is -0.286. The zero-order valence-corrected chi connectivity index (χ0v) is 19.6. The first-order chi connectivity index (χ1) is 17.1. The van der Waals surface area contributed by atoms with Crippen LogP contribution in [0, 0.1) is 0 Å². The molecule has 4 rings (SSSR count). The summed E-state index contributed by atoms with van der Waals surface area (Å²) in [5.41, 5.74) is 3.63. The zero-order valence-electron chi connectivity index (χ0n) is 19.6. The van der Waals surface area contributed by atoms with Gasteiger partial charge in [-0.1, -0.05) is 42.5 Å². The summed E-state index contributed by atoms with van der Waals surface area (Å²) >= 11 is 0. The van der Waals surface area contributed by atoms with Gasteiger partial charge in [0.2, 0.25) is 5.91 Å². The SMILES string of the molecule is COc1ccc(NC(=O)c2ccc(-c3ccccc3)cc2)cc1NC(=O)CN1CCOC(CO)C1. The number of amides is 2. The quantitative estimate of drug-likeness (QED) is 0.463. The second kappa shape index (κ2) is 11.6. The minimum absolute atomic E-state index is 0.0807. The number of ether oxygens (including phenoxy) is 2. The Bertz CT molecular complexity index is 1150. The van der Waals surface area contributed by atoms with Gasteiger partial charge in [-0.3, -0.25) is 14.5 Å². The van der Waals surface area contributed by atoms with E-state index in [0.717, 1.165) is 11.1 Å². The Balaban J connectivity index is 1.40. The third-order valence-electron chi connectivity index (χ3n) is 5.78. The molecular formula is C27H29N3O5. The molecule has 1 aliphatic rings. The maximum atomic E-state index is 12.8. The maximum Gasteiger partial charge on any atom is 0.255 e. The molecule has 8 nitrogen and oxygen atoms in total. The van der Waals surface area contributed by atoms with E-state index in [1.165, 1.54) is 7.11 Å². The molecule has 3 N–H and O–H groups in total. The second-order valence-corrected chi connectivity index (χ2v) is 8.27. The summed E-state index contributed by atoms with van der Waals surface area (Å²) < 4.78 is 10.8. The number of anilines is 2. The minimum atomic E-state index is -0.286. The molecule has 0 radical (unpaired) electrons. The Morgan fingerprint density at radius 1 is 1.03 bits per heavy atom. The van der Waals surface area contributed by atoms with Crippen LogP contribution in [-0.2, 0) is 9.53 Å². The molecule has 1 fully saturated rings. The zero-order chi connectivity index (χ0) is 24.6. The van der Waals surface area contributed by atoms with E-state index in [2.05, 4.69) is 10.6 Å². The Hall–Kier alpha value is -3.72. The molecule has 0 saturated carbocycles. The third kappa shape index (κ3) is 6.45. The van der Waals surface area contributed by atoms with E-state index in [-0.39, 0.29) is 31.1 Å². The van der Waals surface area contributed by atoms with E-state index in [9.17, 15) is 14.7 Å². The van der Waals surface area contributed by atoms with E-state index in [0.29, 0.717) is 42.4 Å². The molecule has 0 bridgehead atoms. The first-order valence-corrected chi connectivity index (χ1v) is 11.5. The molecule has 0 aliphatic carbocycles. The van der Waals surface area contributed by atoms with Crippen LogP contribution in [0.1, 0.15) is 10.4 Å². The molecule has 8 heteroatoms. The lowest BCUT2D eigenvalue weighted by molar-refractivity contribution is -0.120. The molecule has 3 aromatic carbocycles. The van der Waals surface area contributed by atoms with Crippen LogP contribution < -0.4 is 15.4 Å². The van der Waals surface area contributed by atoms with Gasteiger partial charge >= 0.3 is 0 Å². The molecule has 2 amide bonds. The van der Waals surface area contributed by atoms with Gasteiger partial charge in [0.25, 0.3) is 5.91 Å². The van der Waals surface area contributed by atoms with Gasteiger partial charge in [-0.25, -0.2) is 0 Å². The first kappa shape index (κ1) is 24.4. The van der Waals surface area contributed by atoms with Crippen LogP contribution in [0.5, 0.6) is 5.75 Å². The Kier molecular flexibility index (Phi) is 8.10. The summed E-state index contributed by atoms with van der Waals surface area (Å²) in [6, 6.07) is 22.4. The summed E-state index contributed by atoms with van der Waals surface area (Å²) in [4.78, 5) is 27.4. The Labute approximate surface area is 204 Å². The smallest absolute Gasteiger partial charge is 0.255 e. The van der Waals surface area contributed by atoms with Crippen molar-refractivity contribution in [3.05, 3.63) is 78.4 Å². The van der Waals surface area contributed by atoms with Gasteiger partial charge in [0.15, 0.2) is 0 Å². The van der Waals surface area contributed by atoms with Crippen molar-refractivity contribution in [3.63, 3.8) is 0 Å². The van der Waals surface area contributed by atoms with Crippen molar-refractivity contribution in [2.75, 3.05) is 50.6 Å². The van der Waals surface area contributed by atoms with Gasteiger partial charge in [0.1, 0.15) is 5.75 Å². The van der Waals surface area contributed by atoms with Gasteiger partial charge < -0.3 is 25.2 Å². The van der Waals surface area contributed by atoms with Gasteiger partial charge in [0.05, 0.1) is 38.7 Å². The van der Waals surface area contributed by atoms with E-state index in [4.69, 9.17) is 9.47 Å². The number of morpholine rings is 1. The van der Waals surface area contributed by atoms with Crippen LogP contribution >= 0.6 is 0 Å². The van der Waals surface area contributed by atoms with Crippen LogP contribution in [0.2, 0.25) is 0 Å². The van der Waals surface area contributed by atoms with Crippen molar-refractivity contribution in [3.8, 4) is 16.9 Å². The molecule has 1 heterocycles. The lowest BCUT2D eigenvalue weighted by atomic mass is 10.0. The number of hydrogen-bond donors (Lipinski definition) is 3. The van der Waals surface area contributed by atoms with Crippen molar-refractivity contribution >= 4 is 23.2 Å². The highest BCUT2D eigenvalue weighted by molar-refractivity contribution is 6.05. The number of carbonyl (C=O) groups excluding carboxylic acids is 2. The Morgan fingerprint density at radius 3 is 2.49 bits per heavy atom. The van der Waals surface area contributed by atoms with Gasteiger partial charge in [-0.15, -0.1) is 0 Å². The highest BCUT2D eigenvalue weighted by atomic mass is 16.5. The normalized spacial score (nSPS) is 15.9. The number of carbonyl (C=O) groups is 2. The molecule has 1 unspecified atom stereocenters. The van der Waals surface area contributed by atoms with E-state index in [1.54, 1.807) is 30.3 Å². The topological polar surface area (TPSA) is 100 Å². The van der Waals surface area contributed by atoms with Gasteiger partial charge in [-0.2, -0.15) is 0 Å². The second-order valence-electron chi connectivity index (χ2n) is 8.27. The van der Waals surface area contributed by atoms with Crippen LogP contribution in [0.25, 0.3) is 11.1 Å². The van der Waals surface area contributed by atoms with Crippen molar-refractivity contribution in [1.82, 2.24) is 4.90 Å². The predicted octanol–water partition coefficient (Wildman–Crippen LogP) is 3.25. The van der Waals surface area contributed by atoms with Crippen LogP contribution in [0.4, 0.5) is 11.4 Å². The van der Waals surface area contributed by atoms with Crippen LogP contribution in [-0.4, -0.2) is 67.9 Å². The Morgan fingerprint density at radius 2 is 1.77 bits per heavy atom. The summed E-state index contributed by atoms with van der Waals surface area (Å²) in [5, 5.41) is 15.0. The molecule has 35 heavy (non-hydrogen) atoms. The number of nitrogens with one attached hydrogen (secondary N) is 2. The number of methoxy groups -OCH3 is 1. The molecule has 3 aromatic rings. The third-order valence-corrected chi connectivity index (χ3v) is 5.78. The van der Waals surface area contributed by atoms with Crippen molar-refractivity contribution in [1.29, 1.82) is 0 Å². The monoisotopic (exact) mass is 475 g/mol. The highest BCUT2D eigenvalue weighted by Gasteiger charge is 2.22. The molecule has 0 aromatic heterocycles. The lowest BCUT2D eigenvalue weighted by Gasteiger charge is -2.31. The molecule has 182 valence electrons. The lowest BCUT2D eigenvalue weighted by Crippen LogP contribution is -2.46. The number of aliphatic hydroxyl groups excluding tert-OH is 1. The fourth-order valence-corrected chi connectivity index (χ4v) is 3.96. The van der Waals surface area contributed by atoms with Crippen molar-refractivity contribution in [2.24, 2.45) is 0 Å². The predicted molar refractivity (Wildman–Crippen MR) is 135 cm³/mol. The summed E-state index contributed by atoms with van der Waals surface area (Å²) in [5.74, 6) is 0.0102. The number of benzene rings is 3. The minimum Gasteiger partial charge on any atom is -0.495 e. The molecule has 0 spiro atoms. The molecular weight excluding hydrogens is 446 g/mol. The first-order valence-electron chi connectivity index (χ1n) is 11.5.